The van der Waals surface area contributed by atoms with Crippen LogP contribution in [0.5, 0.6) is 0 Å². The summed E-state index contributed by atoms with van der Waals surface area (Å²) in [6.45, 7) is 3.46. The highest BCUT2D eigenvalue weighted by Crippen LogP contribution is 2.13. The number of aliphatic hydroxyl groups excluding tert-OH is 1. The normalized spacial score (nSPS) is 13.9. The fourth-order valence-corrected chi connectivity index (χ4v) is 4.08. The third-order valence-electron chi connectivity index (χ3n) is 4.97. The molecule has 0 aromatic heterocycles. The van der Waals surface area contributed by atoms with Gasteiger partial charge in [0.05, 0.1) is 36.5 Å². The molecular weight excluding hydrogens is 350 g/mol. The molecule has 0 aliphatic carbocycles. The maximum Gasteiger partial charge on any atom is 0.116 e. The fourth-order valence-electron chi connectivity index (χ4n) is 3.51. The Labute approximate surface area is 162 Å². The van der Waals surface area contributed by atoms with E-state index >= 15 is 0 Å². The molecular formula is C20H43NO4S. The summed E-state index contributed by atoms with van der Waals surface area (Å²) >= 11 is 0. The molecule has 26 heavy (non-hydrogen) atoms. The first-order valence-electron chi connectivity index (χ1n) is 10.6. The van der Waals surface area contributed by atoms with Crippen LogP contribution in [0.2, 0.25) is 0 Å². The molecule has 1 atom stereocenters. The highest BCUT2D eigenvalue weighted by Gasteiger charge is 2.21. The van der Waals surface area contributed by atoms with Gasteiger partial charge in [-0.1, -0.05) is 77.6 Å². The molecule has 0 radical (unpaired) electrons. The number of quaternary nitrogens is 1. The second-order valence-electron chi connectivity index (χ2n) is 8.46. The monoisotopic (exact) mass is 393 g/mol. The third kappa shape index (κ3) is 18.6. The molecule has 0 spiro atoms. The van der Waals surface area contributed by atoms with Gasteiger partial charge >= 0.3 is 0 Å². The SMILES string of the molecule is CCCCCCCCCCCCCCC[N+](C)(C)CC(O)CS(=O)(=O)[O-]. The van der Waals surface area contributed by atoms with E-state index in [1.54, 1.807) is 0 Å². The Bertz CT molecular complexity index is 424. The zero-order valence-electron chi connectivity index (χ0n) is 17.4. The first kappa shape index (κ1) is 25.8. The molecule has 0 aliphatic rings. The summed E-state index contributed by atoms with van der Waals surface area (Å²) in [5.41, 5.74) is 0. The molecule has 158 valence electrons. The summed E-state index contributed by atoms with van der Waals surface area (Å²) in [6, 6.07) is 0. The highest BCUT2D eigenvalue weighted by atomic mass is 32.2. The van der Waals surface area contributed by atoms with Gasteiger partial charge in [-0.2, -0.15) is 0 Å². The Hall–Kier alpha value is -0.170. The number of aliphatic hydroxyl groups is 1. The van der Waals surface area contributed by atoms with Crippen molar-refractivity contribution in [1.29, 1.82) is 0 Å². The van der Waals surface area contributed by atoms with E-state index in [-0.39, 0.29) is 0 Å². The smallest absolute Gasteiger partial charge is 0.116 e. The second kappa shape index (κ2) is 14.8. The van der Waals surface area contributed by atoms with Crippen molar-refractivity contribution < 1.29 is 22.6 Å². The summed E-state index contributed by atoms with van der Waals surface area (Å²) in [4.78, 5) is 0. The van der Waals surface area contributed by atoms with Gasteiger partial charge in [-0.15, -0.1) is 0 Å². The van der Waals surface area contributed by atoms with Crippen LogP contribution < -0.4 is 0 Å². The topological polar surface area (TPSA) is 77.4 Å². The van der Waals surface area contributed by atoms with Crippen molar-refractivity contribution in [3.05, 3.63) is 0 Å². The van der Waals surface area contributed by atoms with Crippen molar-refractivity contribution >= 4 is 10.1 Å². The predicted molar refractivity (Wildman–Crippen MR) is 108 cm³/mol. The van der Waals surface area contributed by atoms with Crippen LogP contribution in [-0.4, -0.2) is 61.6 Å². The molecule has 0 amide bonds. The molecule has 0 saturated heterocycles. The molecule has 0 aromatic carbocycles. The molecule has 5 nitrogen and oxygen atoms in total. The maximum absolute atomic E-state index is 10.7. The van der Waals surface area contributed by atoms with Crippen molar-refractivity contribution in [2.75, 3.05) is 32.9 Å². The zero-order chi connectivity index (χ0) is 19.9. The van der Waals surface area contributed by atoms with E-state index in [0.29, 0.717) is 11.0 Å². The van der Waals surface area contributed by atoms with Gasteiger partial charge in [-0.3, -0.25) is 0 Å². The third-order valence-corrected chi connectivity index (χ3v) is 5.76. The molecule has 1 N–H and O–H groups in total. The van der Waals surface area contributed by atoms with Gasteiger partial charge in [0, 0.05) is 0 Å². The molecule has 1 unspecified atom stereocenters. The minimum atomic E-state index is -4.35. The van der Waals surface area contributed by atoms with Gasteiger partial charge in [0.15, 0.2) is 0 Å². The van der Waals surface area contributed by atoms with Gasteiger partial charge in [0.2, 0.25) is 0 Å². The van der Waals surface area contributed by atoms with Gasteiger partial charge in [0.25, 0.3) is 0 Å². The number of hydrogen-bond donors (Lipinski definition) is 1. The quantitative estimate of drug-likeness (QED) is 0.216. The van der Waals surface area contributed by atoms with Crippen molar-refractivity contribution in [3.8, 4) is 0 Å². The van der Waals surface area contributed by atoms with Crippen LogP contribution in [0, 0.1) is 0 Å². The van der Waals surface area contributed by atoms with Crippen molar-refractivity contribution in [1.82, 2.24) is 0 Å². The Balaban J connectivity index is 3.50. The van der Waals surface area contributed by atoms with Gasteiger partial charge in [0.1, 0.15) is 12.6 Å². The van der Waals surface area contributed by atoms with Gasteiger partial charge in [-0.25, -0.2) is 8.42 Å². The van der Waals surface area contributed by atoms with Gasteiger partial charge < -0.3 is 14.1 Å². The Morgan fingerprint density at radius 3 is 1.58 bits per heavy atom. The average molecular weight is 394 g/mol. The molecule has 0 aromatic rings. The number of nitrogens with zero attached hydrogens (tertiary/aromatic N) is 1. The van der Waals surface area contributed by atoms with Crippen LogP contribution in [0.1, 0.15) is 90.4 Å². The Kier molecular flexibility index (Phi) is 14.7. The van der Waals surface area contributed by atoms with Crippen LogP contribution in [-0.2, 0) is 10.1 Å². The predicted octanol–water partition coefficient (Wildman–Crippen LogP) is 4.06. The van der Waals surface area contributed by atoms with E-state index in [0.717, 1.165) is 13.0 Å². The summed E-state index contributed by atoms with van der Waals surface area (Å²) in [7, 11) is -0.407. The summed E-state index contributed by atoms with van der Waals surface area (Å²) in [6.07, 6.45) is 16.0. The molecule has 0 rings (SSSR count). The van der Waals surface area contributed by atoms with E-state index in [9.17, 15) is 18.1 Å². The molecule has 6 heteroatoms. The maximum atomic E-state index is 10.7. The lowest BCUT2D eigenvalue weighted by atomic mass is 10.0. The average Bonchev–Trinajstić information content (AvgIpc) is 2.49. The molecule has 0 aliphatic heterocycles. The minimum Gasteiger partial charge on any atom is -0.748 e. The van der Waals surface area contributed by atoms with Crippen LogP contribution in [0.25, 0.3) is 0 Å². The van der Waals surface area contributed by atoms with E-state index in [1.807, 2.05) is 14.1 Å². The summed E-state index contributed by atoms with van der Waals surface area (Å²) in [5, 5.41) is 9.73. The van der Waals surface area contributed by atoms with Crippen molar-refractivity contribution in [3.63, 3.8) is 0 Å². The van der Waals surface area contributed by atoms with Crippen LogP contribution in [0.4, 0.5) is 0 Å². The Morgan fingerprint density at radius 2 is 1.19 bits per heavy atom. The highest BCUT2D eigenvalue weighted by molar-refractivity contribution is 7.85. The van der Waals surface area contributed by atoms with E-state index in [1.165, 1.54) is 77.0 Å². The zero-order valence-corrected chi connectivity index (χ0v) is 18.2. The van der Waals surface area contributed by atoms with E-state index in [2.05, 4.69) is 6.92 Å². The lowest BCUT2D eigenvalue weighted by Crippen LogP contribution is -2.47. The van der Waals surface area contributed by atoms with Crippen LogP contribution >= 0.6 is 0 Å². The lowest BCUT2D eigenvalue weighted by Gasteiger charge is -2.32. The minimum absolute atomic E-state index is 0.305. The first-order chi connectivity index (χ1) is 12.2. The van der Waals surface area contributed by atoms with Crippen LogP contribution in [0.15, 0.2) is 0 Å². The summed E-state index contributed by atoms with van der Waals surface area (Å²) < 4.78 is 32.6. The second-order valence-corrected chi connectivity index (χ2v) is 9.91. The number of likely N-dealkylation sites (N-methyl/N-ethyl adjacent to an activating group) is 1. The van der Waals surface area contributed by atoms with Crippen LogP contribution in [0.3, 0.4) is 0 Å². The van der Waals surface area contributed by atoms with Crippen molar-refractivity contribution in [2.24, 2.45) is 0 Å². The first-order valence-corrected chi connectivity index (χ1v) is 12.2. The largest absolute Gasteiger partial charge is 0.748 e. The van der Waals surface area contributed by atoms with Gasteiger partial charge in [-0.05, 0) is 12.8 Å². The van der Waals surface area contributed by atoms with Crippen molar-refractivity contribution in [2.45, 2.75) is 96.5 Å². The molecule has 0 bridgehead atoms. The fraction of sp³-hybridized carbons (Fsp3) is 1.00. The number of rotatable bonds is 18. The lowest BCUT2D eigenvalue weighted by molar-refractivity contribution is -0.893. The molecule has 0 saturated carbocycles. The van der Waals surface area contributed by atoms with E-state index in [4.69, 9.17) is 0 Å². The number of hydrogen-bond acceptors (Lipinski definition) is 4. The van der Waals surface area contributed by atoms with E-state index < -0.39 is 22.0 Å². The Morgan fingerprint density at radius 1 is 0.808 bits per heavy atom. The number of unbranched alkanes of at least 4 members (excludes halogenated alkanes) is 12. The molecule has 0 fully saturated rings. The molecule has 0 heterocycles. The summed E-state index contributed by atoms with van der Waals surface area (Å²) in [5.74, 6) is -0.687. The standard InChI is InChI=1S/C20H43NO4S/c1-4-5-6-7-8-9-10-11-12-13-14-15-16-17-21(2,3)18-20(22)19-26(23,24)25/h20,22H,4-19H2,1-3H3.